The Bertz CT molecular complexity index is 1040. The molecule has 2 atom stereocenters. The van der Waals surface area contributed by atoms with Crippen LogP contribution in [0, 0.1) is 5.92 Å². The topological polar surface area (TPSA) is 79.6 Å². The smallest absolute Gasteiger partial charge is 0.293 e. The summed E-state index contributed by atoms with van der Waals surface area (Å²) in [6.45, 7) is 2.34. The highest BCUT2D eigenvalue weighted by Crippen LogP contribution is 2.34. The molecule has 0 radical (unpaired) electrons. The Kier molecular flexibility index (Phi) is 5.14. The summed E-state index contributed by atoms with van der Waals surface area (Å²) < 4.78 is 10.8. The predicted molar refractivity (Wildman–Crippen MR) is 113 cm³/mol. The van der Waals surface area contributed by atoms with Crippen LogP contribution in [0.1, 0.15) is 34.9 Å². The molecule has 7 nitrogen and oxygen atoms in total. The Hall–Kier alpha value is -2.90. The maximum absolute atomic E-state index is 13.0. The number of benzene rings is 2. The van der Waals surface area contributed by atoms with E-state index in [0.29, 0.717) is 23.6 Å². The second kappa shape index (κ2) is 8.08. The molecule has 2 aliphatic rings. The Balaban J connectivity index is 1.26. The Morgan fingerprint density at radius 1 is 1.17 bits per heavy atom. The van der Waals surface area contributed by atoms with Crippen LogP contribution >= 0.6 is 0 Å². The van der Waals surface area contributed by atoms with Crippen LogP contribution in [-0.4, -0.2) is 48.7 Å². The van der Waals surface area contributed by atoms with Crippen LogP contribution in [0.25, 0.3) is 10.9 Å². The molecule has 0 spiro atoms. The molecule has 2 saturated heterocycles. The predicted octanol–water partition coefficient (Wildman–Crippen LogP) is 2.95. The van der Waals surface area contributed by atoms with E-state index < -0.39 is 0 Å². The average Bonchev–Trinajstić information content (AvgIpc) is 3.46. The van der Waals surface area contributed by atoms with Crippen LogP contribution in [0.15, 0.2) is 53.1 Å². The monoisotopic (exact) mass is 406 g/mol. The molecule has 0 bridgehead atoms. The van der Waals surface area contributed by atoms with Crippen molar-refractivity contribution in [2.75, 3.05) is 26.7 Å². The minimum Gasteiger partial charge on any atom is -0.497 e. The van der Waals surface area contributed by atoms with Gasteiger partial charge in [-0.15, -0.1) is 0 Å². The number of carbonyl (C=O) groups is 1. The zero-order valence-corrected chi connectivity index (χ0v) is 17.0. The minimum absolute atomic E-state index is 0.0657. The van der Waals surface area contributed by atoms with Crippen molar-refractivity contribution < 1.29 is 14.1 Å². The summed E-state index contributed by atoms with van der Waals surface area (Å²) in [6, 6.07) is 16.2. The van der Waals surface area contributed by atoms with E-state index in [1.807, 2.05) is 41.3 Å². The number of rotatable bonds is 4. The molecule has 3 aromatic rings. The van der Waals surface area contributed by atoms with Crippen LogP contribution < -0.4 is 15.6 Å². The summed E-state index contributed by atoms with van der Waals surface area (Å²) >= 11 is 0. The van der Waals surface area contributed by atoms with Crippen LogP contribution in [0.5, 0.6) is 5.75 Å². The van der Waals surface area contributed by atoms with Gasteiger partial charge < -0.3 is 14.2 Å². The summed E-state index contributed by atoms with van der Waals surface area (Å²) in [5.41, 5.74) is 8.82. The van der Waals surface area contributed by atoms with E-state index in [0.717, 1.165) is 49.1 Å². The average molecular weight is 406 g/mol. The van der Waals surface area contributed by atoms with Gasteiger partial charge in [0.05, 0.1) is 12.5 Å². The van der Waals surface area contributed by atoms with Crippen LogP contribution in [0.3, 0.4) is 0 Å². The second-order valence-electron chi connectivity index (χ2n) is 8.09. The number of nitrogens with zero attached hydrogens (tertiary/aromatic N) is 2. The lowest BCUT2D eigenvalue weighted by atomic mass is 9.80. The molecule has 156 valence electrons. The van der Waals surface area contributed by atoms with Crippen molar-refractivity contribution in [3.8, 4) is 5.75 Å². The number of ether oxygens (including phenoxy) is 1. The number of amides is 1. The highest BCUT2D eigenvalue weighted by atomic mass is 16.5. The summed E-state index contributed by atoms with van der Waals surface area (Å²) in [7, 11) is 1.70. The number of carbonyl (C=O) groups excluding carboxylic acids is 1. The first-order valence-corrected chi connectivity index (χ1v) is 10.5. The molecule has 2 fully saturated rings. The minimum atomic E-state index is -0.0657. The fourth-order valence-corrected chi connectivity index (χ4v) is 4.81. The summed E-state index contributed by atoms with van der Waals surface area (Å²) in [5, 5.41) is 4.80. The lowest BCUT2D eigenvalue weighted by molar-refractivity contribution is 0.0631. The SMILES string of the molecule is COc1cccc(C2CNNC2C2CCN(C(=O)c3onc4ccccc34)CC2)c1. The number of nitrogens with one attached hydrogen (secondary N) is 2. The van der Waals surface area contributed by atoms with Crippen molar-refractivity contribution in [1.82, 2.24) is 20.9 Å². The third-order valence-corrected chi connectivity index (χ3v) is 6.46. The van der Waals surface area contributed by atoms with Gasteiger partial charge in [0.25, 0.3) is 5.91 Å². The van der Waals surface area contributed by atoms with Gasteiger partial charge in [-0.05, 0) is 48.6 Å². The van der Waals surface area contributed by atoms with Crippen LogP contribution in [0.2, 0.25) is 0 Å². The van der Waals surface area contributed by atoms with E-state index in [9.17, 15) is 4.79 Å². The van der Waals surface area contributed by atoms with Crippen LogP contribution in [-0.2, 0) is 0 Å². The molecule has 2 N–H and O–H groups in total. The normalized spacial score (nSPS) is 22.5. The number of hydrogen-bond acceptors (Lipinski definition) is 6. The number of aromatic nitrogens is 1. The Morgan fingerprint density at radius 3 is 2.83 bits per heavy atom. The van der Waals surface area contributed by atoms with E-state index in [4.69, 9.17) is 9.26 Å². The van der Waals surface area contributed by atoms with Crippen molar-refractivity contribution in [1.29, 1.82) is 0 Å². The van der Waals surface area contributed by atoms with Crippen molar-refractivity contribution in [2.24, 2.45) is 5.92 Å². The summed E-state index contributed by atoms with van der Waals surface area (Å²) in [5.74, 6) is 2.04. The van der Waals surface area contributed by atoms with Crippen molar-refractivity contribution in [3.63, 3.8) is 0 Å². The highest BCUT2D eigenvalue weighted by molar-refractivity contribution is 6.03. The molecular formula is C23H26N4O3. The molecule has 3 heterocycles. The fraction of sp³-hybridized carbons (Fsp3) is 0.391. The number of likely N-dealkylation sites (tertiary alicyclic amines) is 1. The molecule has 2 aromatic carbocycles. The molecule has 7 heteroatoms. The highest BCUT2D eigenvalue weighted by Gasteiger charge is 2.37. The first-order chi connectivity index (χ1) is 14.7. The Morgan fingerprint density at radius 2 is 2.00 bits per heavy atom. The number of hydrazine groups is 1. The first-order valence-electron chi connectivity index (χ1n) is 10.5. The molecular weight excluding hydrogens is 380 g/mol. The van der Waals surface area contributed by atoms with Gasteiger partial charge in [-0.2, -0.15) is 0 Å². The van der Waals surface area contributed by atoms with Gasteiger partial charge in [0, 0.05) is 31.6 Å². The third-order valence-electron chi connectivity index (χ3n) is 6.46. The number of fused-ring (bicyclic) bond motifs is 1. The fourth-order valence-electron chi connectivity index (χ4n) is 4.81. The van der Waals surface area contributed by atoms with Gasteiger partial charge in [0.15, 0.2) is 0 Å². The number of methoxy groups -OCH3 is 1. The summed E-state index contributed by atoms with van der Waals surface area (Å²) in [4.78, 5) is 14.9. The van der Waals surface area contributed by atoms with Gasteiger partial charge in [-0.3, -0.25) is 15.6 Å². The zero-order valence-electron chi connectivity index (χ0n) is 17.0. The quantitative estimate of drug-likeness (QED) is 0.694. The molecule has 2 unspecified atom stereocenters. The molecule has 5 rings (SSSR count). The zero-order chi connectivity index (χ0) is 20.5. The third kappa shape index (κ3) is 3.44. The van der Waals surface area contributed by atoms with Gasteiger partial charge in [0.1, 0.15) is 11.3 Å². The van der Waals surface area contributed by atoms with E-state index in [-0.39, 0.29) is 5.91 Å². The van der Waals surface area contributed by atoms with Gasteiger partial charge >= 0.3 is 0 Å². The molecule has 0 aliphatic carbocycles. The first kappa shape index (κ1) is 19.1. The van der Waals surface area contributed by atoms with E-state index in [1.165, 1.54) is 5.56 Å². The van der Waals surface area contributed by atoms with E-state index >= 15 is 0 Å². The largest absolute Gasteiger partial charge is 0.497 e. The molecule has 1 amide bonds. The number of hydrogen-bond donors (Lipinski definition) is 2. The van der Waals surface area contributed by atoms with Gasteiger partial charge in [0.2, 0.25) is 5.76 Å². The second-order valence-corrected chi connectivity index (χ2v) is 8.09. The van der Waals surface area contributed by atoms with Gasteiger partial charge in [-0.1, -0.05) is 29.4 Å². The van der Waals surface area contributed by atoms with Crippen molar-refractivity contribution >= 4 is 16.8 Å². The lowest BCUT2D eigenvalue weighted by Crippen LogP contribution is -2.45. The van der Waals surface area contributed by atoms with Crippen molar-refractivity contribution in [3.05, 3.63) is 59.9 Å². The van der Waals surface area contributed by atoms with E-state index in [2.05, 4.69) is 28.1 Å². The van der Waals surface area contributed by atoms with Crippen molar-refractivity contribution in [2.45, 2.75) is 24.8 Å². The van der Waals surface area contributed by atoms with Crippen LogP contribution in [0.4, 0.5) is 0 Å². The maximum Gasteiger partial charge on any atom is 0.293 e. The number of piperidine rings is 1. The molecule has 2 aliphatic heterocycles. The standard InChI is InChI=1S/C23H26N4O3/c1-29-17-6-4-5-16(13-17)19-14-24-25-21(19)15-9-11-27(12-10-15)23(28)22-18-7-2-3-8-20(18)26-30-22/h2-8,13,15,19,21,24-25H,9-12,14H2,1H3. The molecule has 0 saturated carbocycles. The maximum atomic E-state index is 13.0. The summed E-state index contributed by atoms with van der Waals surface area (Å²) in [6.07, 6.45) is 1.91. The Labute approximate surface area is 175 Å². The molecule has 30 heavy (non-hydrogen) atoms. The van der Waals surface area contributed by atoms with E-state index in [1.54, 1.807) is 7.11 Å². The van der Waals surface area contributed by atoms with Gasteiger partial charge in [-0.25, -0.2) is 0 Å². The molecule has 1 aromatic heterocycles. The lowest BCUT2D eigenvalue weighted by Gasteiger charge is -2.36.